The third-order valence-corrected chi connectivity index (χ3v) is 3.86. The zero-order chi connectivity index (χ0) is 14.5. The number of thiophene rings is 1. The van der Waals surface area contributed by atoms with E-state index >= 15 is 0 Å². The molecule has 11 heteroatoms. The lowest BCUT2D eigenvalue weighted by Crippen LogP contribution is -2.14. The molecule has 114 valence electrons. The van der Waals surface area contributed by atoms with Crippen molar-refractivity contribution >= 4 is 51.1 Å². The van der Waals surface area contributed by atoms with Gasteiger partial charge in [-0.05, 0) is 22.8 Å². The fraction of sp³-hybridized carbons (Fsp3) is 0.200. The van der Waals surface area contributed by atoms with Crippen molar-refractivity contribution in [3.63, 3.8) is 0 Å². The van der Waals surface area contributed by atoms with Crippen LogP contribution in [0, 0.1) is 10.1 Å². The molecule has 0 fully saturated rings. The molecule has 2 aromatic rings. The van der Waals surface area contributed by atoms with Crippen LogP contribution in [-0.4, -0.2) is 29.0 Å². The summed E-state index contributed by atoms with van der Waals surface area (Å²) in [6.45, 7) is 0.648. The molecule has 0 unspecified atom stereocenters. The monoisotopic (exact) mass is 350 g/mol. The zero-order valence-electron chi connectivity index (χ0n) is 10.5. The molecule has 21 heavy (non-hydrogen) atoms. The number of rotatable bonds is 6. The van der Waals surface area contributed by atoms with Crippen molar-refractivity contribution in [2.24, 2.45) is 5.73 Å². The van der Waals surface area contributed by atoms with Gasteiger partial charge in [0.2, 0.25) is 0 Å². The number of carbonyl (C=O) groups is 1. The van der Waals surface area contributed by atoms with Gasteiger partial charge in [0.1, 0.15) is 23.4 Å². The van der Waals surface area contributed by atoms with E-state index in [1.807, 2.05) is 0 Å². The highest BCUT2D eigenvalue weighted by molar-refractivity contribution is 7.19. The van der Waals surface area contributed by atoms with Gasteiger partial charge in [-0.2, -0.15) is 0 Å². The Kier molecular flexibility index (Phi) is 6.49. The number of halogens is 1. The first-order valence-electron chi connectivity index (χ1n) is 5.43. The molecule has 2 heterocycles. The molecule has 0 atom stereocenters. The average Bonchev–Trinajstić information content (AvgIpc) is 3.04. The molecule has 0 spiro atoms. The van der Waals surface area contributed by atoms with Crippen LogP contribution in [0.4, 0.5) is 10.1 Å². The summed E-state index contributed by atoms with van der Waals surface area (Å²) in [6, 6.07) is 1.67. The molecule has 0 aliphatic heterocycles. The Hall–Kier alpha value is -1.75. The first-order valence-corrected chi connectivity index (χ1v) is 7.13. The molecule has 8 nitrogen and oxygen atoms in total. The number of hydrogen-bond donors (Lipinski definition) is 2. The SMILES string of the molecule is Cl.NCCOc1ccsc1C(=O)Nc1ncc([N+](=O)[O-])s1. The minimum Gasteiger partial charge on any atom is -0.491 e. The summed E-state index contributed by atoms with van der Waals surface area (Å²) < 4.78 is 5.33. The summed E-state index contributed by atoms with van der Waals surface area (Å²) in [6.07, 6.45) is 1.10. The standard InChI is InChI=1S/C10H10N4O4S2.ClH/c11-2-3-18-6-1-4-19-8(6)9(15)13-10-12-5-7(20-10)14(16)17;/h1,4-5H,2-3,11H2,(H,12,13,15);1H. The third kappa shape index (κ3) is 4.36. The average molecular weight is 351 g/mol. The van der Waals surface area contributed by atoms with Crippen molar-refractivity contribution in [3.05, 3.63) is 32.6 Å². The van der Waals surface area contributed by atoms with E-state index in [9.17, 15) is 14.9 Å². The molecule has 0 aliphatic carbocycles. The topological polar surface area (TPSA) is 120 Å². The van der Waals surface area contributed by atoms with Gasteiger partial charge in [-0.25, -0.2) is 4.98 Å². The molecular formula is C10H11ClN4O4S2. The van der Waals surface area contributed by atoms with Crippen LogP contribution in [-0.2, 0) is 0 Å². The molecular weight excluding hydrogens is 340 g/mol. The number of nitrogens with one attached hydrogen (secondary N) is 1. The lowest BCUT2D eigenvalue weighted by Gasteiger charge is -2.05. The molecule has 2 rings (SSSR count). The van der Waals surface area contributed by atoms with E-state index in [1.165, 1.54) is 11.3 Å². The van der Waals surface area contributed by atoms with Gasteiger partial charge in [0.25, 0.3) is 5.91 Å². The van der Waals surface area contributed by atoms with Gasteiger partial charge >= 0.3 is 5.00 Å². The van der Waals surface area contributed by atoms with Gasteiger partial charge in [0, 0.05) is 6.54 Å². The Morgan fingerprint density at radius 1 is 1.57 bits per heavy atom. The van der Waals surface area contributed by atoms with Crippen LogP contribution in [0.5, 0.6) is 5.75 Å². The van der Waals surface area contributed by atoms with Crippen LogP contribution in [0.25, 0.3) is 0 Å². The van der Waals surface area contributed by atoms with E-state index in [-0.39, 0.29) is 22.5 Å². The summed E-state index contributed by atoms with van der Waals surface area (Å²) >= 11 is 2.00. The van der Waals surface area contributed by atoms with E-state index in [0.717, 1.165) is 17.5 Å². The van der Waals surface area contributed by atoms with Gasteiger partial charge < -0.3 is 10.5 Å². The number of thiazole rings is 1. The molecule has 3 N–H and O–H groups in total. The minimum atomic E-state index is -0.561. The number of nitrogens with zero attached hydrogens (tertiary/aromatic N) is 2. The van der Waals surface area contributed by atoms with Gasteiger partial charge in [-0.3, -0.25) is 20.2 Å². The van der Waals surface area contributed by atoms with Crippen molar-refractivity contribution in [2.45, 2.75) is 0 Å². The molecule has 2 aromatic heterocycles. The van der Waals surface area contributed by atoms with E-state index in [1.54, 1.807) is 11.4 Å². The lowest BCUT2D eigenvalue weighted by atomic mass is 10.4. The first kappa shape index (κ1) is 17.3. The summed E-state index contributed by atoms with van der Waals surface area (Å²) in [4.78, 5) is 26.1. The maximum absolute atomic E-state index is 12.0. The van der Waals surface area contributed by atoms with E-state index in [0.29, 0.717) is 23.8 Å². The van der Waals surface area contributed by atoms with E-state index in [2.05, 4.69) is 10.3 Å². The summed E-state index contributed by atoms with van der Waals surface area (Å²) in [5.74, 6) is 0.0141. The lowest BCUT2D eigenvalue weighted by molar-refractivity contribution is -0.380. The van der Waals surface area contributed by atoms with Crippen molar-refractivity contribution < 1.29 is 14.5 Å². The second-order valence-electron chi connectivity index (χ2n) is 3.47. The molecule has 0 radical (unpaired) electrons. The first-order chi connectivity index (χ1) is 9.61. The highest BCUT2D eigenvalue weighted by Gasteiger charge is 2.18. The summed E-state index contributed by atoms with van der Waals surface area (Å²) in [7, 11) is 0. The molecule has 0 saturated heterocycles. The predicted octanol–water partition coefficient (Wildman–Crippen LogP) is 2.12. The maximum atomic E-state index is 12.0. The Labute approximate surface area is 133 Å². The van der Waals surface area contributed by atoms with Crippen LogP contribution in [0.3, 0.4) is 0 Å². The van der Waals surface area contributed by atoms with Gasteiger partial charge in [0.05, 0.1) is 4.92 Å². The van der Waals surface area contributed by atoms with Crippen molar-refractivity contribution in [1.29, 1.82) is 0 Å². The Morgan fingerprint density at radius 2 is 2.33 bits per heavy atom. The van der Waals surface area contributed by atoms with Crippen LogP contribution in [0.1, 0.15) is 9.67 Å². The van der Waals surface area contributed by atoms with E-state index in [4.69, 9.17) is 10.5 Å². The Morgan fingerprint density at radius 3 is 2.95 bits per heavy atom. The van der Waals surface area contributed by atoms with Crippen LogP contribution < -0.4 is 15.8 Å². The highest BCUT2D eigenvalue weighted by atomic mass is 35.5. The normalized spacial score (nSPS) is 9.76. The fourth-order valence-electron chi connectivity index (χ4n) is 1.31. The zero-order valence-corrected chi connectivity index (χ0v) is 12.9. The second-order valence-corrected chi connectivity index (χ2v) is 5.39. The number of aromatic nitrogens is 1. The second kappa shape index (κ2) is 7.88. The van der Waals surface area contributed by atoms with Crippen molar-refractivity contribution in [3.8, 4) is 5.75 Å². The van der Waals surface area contributed by atoms with Crippen LogP contribution >= 0.6 is 35.1 Å². The van der Waals surface area contributed by atoms with Crippen molar-refractivity contribution in [2.75, 3.05) is 18.5 Å². The number of carbonyl (C=O) groups excluding carboxylic acids is 1. The predicted molar refractivity (Wildman–Crippen MR) is 82.8 cm³/mol. The summed E-state index contributed by atoms with van der Waals surface area (Å²) in [5.41, 5.74) is 5.33. The number of anilines is 1. The fourth-order valence-corrected chi connectivity index (χ4v) is 2.66. The molecule has 0 aliphatic rings. The molecule has 0 saturated carbocycles. The molecule has 0 bridgehead atoms. The molecule has 1 amide bonds. The number of nitro groups is 1. The highest BCUT2D eigenvalue weighted by Crippen LogP contribution is 2.28. The van der Waals surface area contributed by atoms with Gasteiger partial charge in [0.15, 0.2) is 5.13 Å². The van der Waals surface area contributed by atoms with Crippen molar-refractivity contribution in [1.82, 2.24) is 4.98 Å². The minimum absolute atomic E-state index is 0. The number of ether oxygens (including phenoxy) is 1. The number of amides is 1. The smallest absolute Gasteiger partial charge is 0.345 e. The Balaban J connectivity index is 0.00000220. The third-order valence-electron chi connectivity index (χ3n) is 2.10. The quantitative estimate of drug-likeness (QED) is 0.608. The maximum Gasteiger partial charge on any atom is 0.345 e. The summed E-state index contributed by atoms with van der Waals surface area (Å²) in [5, 5.41) is 14.8. The van der Waals surface area contributed by atoms with Gasteiger partial charge in [-0.15, -0.1) is 23.7 Å². The Bertz CT molecular complexity index is 630. The number of nitrogens with two attached hydrogens (primary N) is 1. The number of hydrogen-bond acceptors (Lipinski definition) is 8. The molecule has 0 aromatic carbocycles. The van der Waals surface area contributed by atoms with Gasteiger partial charge in [-0.1, -0.05) is 0 Å². The van der Waals surface area contributed by atoms with Crippen LogP contribution in [0.2, 0.25) is 0 Å². The van der Waals surface area contributed by atoms with Crippen LogP contribution in [0.15, 0.2) is 17.6 Å². The van der Waals surface area contributed by atoms with E-state index < -0.39 is 10.8 Å². The largest absolute Gasteiger partial charge is 0.491 e.